The standard InChI is InChI=1S/C32H31FN6O3/c1-18(2)19-11-20-14-36-39(31(42)29(20)25(33)12-19)27-8-6-7-23(24(27)17-40)21-13-26(30(41)38(5)16-21)37-28-10-9-22(15-35-28)32(3,4)34/h6-16,40H,1,17,34H2,2-5H3,(H,35,37). The lowest BCUT2D eigenvalue weighted by molar-refractivity contribution is 0.282. The Labute approximate surface area is 241 Å². The number of halogens is 1. The molecule has 2 aromatic carbocycles. The molecule has 9 nitrogen and oxygen atoms in total. The Morgan fingerprint density at radius 2 is 1.88 bits per heavy atom. The zero-order valence-corrected chi connectivity index (χ0v) is 23.8. The summed E-state index contributed by atoms with van der Waals surface area (Å²) >= 11 is 0. The van der Waals surface area contributed by atoms with E-state index in [0.29, 0.717) is 39.0 Å². The molecule has 5 rings (SSSR count). The molecular weight excluding hydrogens is 535 g/mol. The third kappa shape index (κ3) is 5.25. The van der Waals surface area contributed by atoms with Gasteiger partial charge in [0.15, 0.2) is 0 Å². The highest BCUT2D eigenvalue weighted by molar-refractivity contribution is 5.85. The van der Waals surface area contributed by atoms with E-state index in [4.69, 9.17) is 5.73 Å². The molecule has 0 amide bonds. The van der Waals surface area contributed by atoms with Crippen molar-refractivity contribution in [2.75, 3.05) is 5.32 Å². The molecular formula is C32H31FN6O3. The van der Waals surface area contributed by atoms with E-state index in [9.17, 15) is 14.7 Å². The molecule has 0 saturated heterocycles. The minimum Gasteiger partial charge on any atom is -0.392 e. The summed E-state index contributed by atoms with van der Waals surface area (Å²) in [7, 11) is 1.62. The Morgan fingerprint density at radius 1 is 1.12 bits per heavy atom. The molecule has 3 heterocycles. The van der Waals surface area contributed by atoms with Crippen molar-refractivity contribution >= 4 is 27.9 Å². The van der Waals surface area contributed by atoms with Crippen molar-refractivity contribution in [3.63, 3.8) is 0 Å². The average Bonchev–Trinajstić information content (AvgIpc) is 2.94. The number of aryl methyl sites for hydroxylation is 1. The number of allylic oxidation sites excluding steroid dienone is 1. The Kier molecular flexibility index (Phi) is 7.36. The number of fused-ring (bicyclic) bond motifs is 1. The molecule has 0 aliphatic carbocycles. The fraction of sp³-hybridized carbons (Fsp3) is 0.188. The van der Waals surface area contributed by atoms with E-state index in [-0.39, 0.29) is 22.3 Å². The van der Waals surface area contributed by atoms with Gasteiger partial charge in [0.1, 0.15) is 17.3 Å². The van der Waals surface area contributed by atoms with Gasteiger partial charge in [-0.2, -0.15) is 9.78 Å². The number of hydrogen-bond acceptors (Lipinski definition) is 7. The molecule has 0 radical (unpaired) electrons. The Hall–Kier alpha value is -4.93. The SMILES string of the molecule is C=C(C)c1cc(F)c2c(=O)n(-c3cccc(-c4cc(Nc5ccc(C(C)(C)N)cn5)c(=O)n(C)c4)c3CO)ncc2c1. The van der Waals surface area contributed by atoms with Gasteiger partial charge in [0.05, 0.1) is 23.9 Å². The minimum absolute atomic E-state index is 0.116. The lowest BCUT2D eigenvalue weighted by atomic mass is 9.98. The smallest absolute Gasteiger partial charge is 0.282 e. The molecule has 42 heavy (non-hydrogen) atoms. The van der Waals surface area contributed by atoms with E-state index in [1.807, 2.05) is 19.9 Å². The molecule has 4 N–H and O–H groups in total. The van der Waals surface area contributed by atoms with Crippen molar-refractivity contribution in [2.24, 2.45) is 12.8 Å². The first kappa shape index (κ1) is 28.6. The zero-order valence-electron chi connectivity index (χ0n) is 23.8. The van der Waals surface area contributed by atoms with Crippen LogP contribution < -0.4 is 22.2 Å². The fourth-order valence-electron chi connectivity index (χ4n) is 4.80. The minimum atomic E-state index is -0.682. The predicted molar refractivity (Wildman–Crippen MR) is 163 cm³/mol. The highest BCUT2D eigenvalue weighted by Gasteiger charge is 2.19. The predicted octanol–water partition coefficient (Wildman–Crippen LogP) is 4.75. The number of nitrogens with one attached hydrogen (secondary N) is 1. The molecule has 0 atom stereocenters. The van der Waals surface area contributed by atoms with Gasteiger partial charge in [0.2, 0.25) is 0 Å². The van der Waals surface area contributed by atoms with Crippen LogP contribution in [0.1, 0.15) is 37.5 Å². The van der Waals surface area contributed by atoms with Gasteiger partial charge >= 0.3 is 0 Å². The summed E-state index contributed by atoms with van der Waals surface area (Å²) in [5.41, 5.74) is 8.79. The first-order chi connectivity index (χ1) is 19.9. The van der Waals surface area contributed by atoms with E-state index < -0.39 is 23.5 Å². The van der Waals surface area contributed by atoms with Gasteiger partial charge in [0, 0.05) is 41.5 Å². The number of benzene rings is 2. The quantitative estimate of drug-likeness (QED) is 0.259. The molecule has 3 aromatic heterocycles. The van der Waals surface area contributed by atoms with Gasteiger partial charge in [-0.05, 0) is 67.8 Å². The summed E-state index contributed by atoms with van der Waals surface area (Å²) in [6, 6.07) is 13.3. The molecule has 0 spiro atoms. The van der Waals surface area contributed by atoms with Crippen molar-refractivity contribution < 1.29 is 9.50 Å². The average molecular weight is 567 g/mol. The topological polar surface area (TPSA) is 128 Å². The van der Waals surface area contributed by atoms with Gasteiger partial charge in [0.25, 0.3) is 11.1 Å². The Bertz CT molecular complexity index is 1970. The molecule has 5 aromatic rings. The fourth-order valence-corrected chi connectivity index (χ4v) is 4.80. The molecule has 0 aliphatic heterocycles. The maximum atomic E-state index is 15.1. The molecule has 0 unspecified atom stereocenters. The van der Waals surface area contributed by atoms with Crippen LogP contribution in [0.15, 0.2) is 83.3 Å². The number of aromatic nitrogens is 4. The first-order valence-electron chi connectivity index (χ1n) is 13.2. The van der Waals surface area contributed by atoms with E-state index in [0.717, 1.165) is 10.2 Å². The van der Waals surface area contributed by atoms with Crippen molar-refractivity contribution in [3.8, 4) is 16.8 Å². The third-order valence-corrected chi connectivity index (χ3v) is 7.13. The van der Waals surface area contributed by atoms with Crippen LogP contribution in [0.2, 0.25) is 0 Å². The van der Waals surface area contributed by atoms with Crippen LogP contribution in [-0.4, -0.2) is 24.4 Å². The second-order valence-electron chi connectivity index (χ2n) is 10.9. The lowest BCUT2D eigenvalue weighted by Crippen LogP contribution is -2.28. The van der Waals surface area contributed by atoms with Crippen LogP contribution in [0, 0.1) is 5.82 Å². The molecule has 214 valence electrons. The summed E-state index contributed by atoms with van der Waals surface area (Å²) in [4.78, 5) is 30.9. The van der Waals surface area contributed by atoms with Gasteiger partial charge in [-0.1, -0.05) is 30.4 Å². The van der Waals surface area contributed by atoms with Crippen LogP contribution in [0.4, 0.5) is 15.9 Å². The van der Waals surface area contributed by atoms with Crippen LogP contribution in [0.25, 0.3) is 33.2 Å². The van der Waals surface area contributed by atoms with Gasteiger partial charge in [-0.15, -0.1) is 0 Å². The number of nitrogens with two attached hydrogens (primary N) is 1. The summed E-state index contributed by atoms with van der Waals surface area (Å²) in [5, 5.41) is 18.1. The summed E-state index contributed by atoms with van der Waals surface area (Å²) in [5.74, 6) is -0.226. The number of aliphatic hydroxyl groups is 1. The van der Waals surface area contributed by atoms with E-state index in [1.165, 1.54) is 16.8 Å². The Balaban J connectivity index is 1.61. The number of aliphatic hydroxyl groups excluding tert-OH is 1. The zero-order chi connectivity index (χ0) is 30.3. The van der Waals surface area contributed by atoms with Crippen LogP contribution in [-0.2, 0) is 19.2 Å². The number of rotatable bonds is 7. The number of hydrogen-bond donors (Lipinski definition) is 3. The highest BCUT2D eigenvalue weighted by Crippen LogP contribution is 2.30. The van der Waals surface area contributed by atoms with Crippen molar-refractivity contribution in [1.82, 2.24) is 19.3 Å². The van der Waals surface area contributed by atoms with Gasteiger partial charge in [-0.3, -0.25) is 9.59 Å². The Morgan fingerprint density at radius 3 is 2.52 bits per heavy atom. The maximum absolute atomic E-state index is 15.1. The van der Waals surface area contributed by atoms with E-state index in [2.05, 4.69) is 22.0 Å². The molecule has 0 aliphatic rings. The monoisotopic (exact) mass is 566 g/mol. The second kappa shape index (κ2) is 10.8. The number of anilines is 2. The highest BCUT2D eigenvalue weighted by atomic mass is 19.1. The number of nitrogens with zero attached hydrogens (tertiary/aromatic N) is 4. The second-order valence-corrected chi connectivity index (χ2v) is 10.9. The van der Waals surface area contributed by atoms with Crippen LogP contribution in [0.3, 0.4) is 0 Å². The van der Waals surface area contributed by atoms with Crippen LogP contribution >= 0.6 is 0 Å². The van der Waals surface area contributed by atoms with E-state index >= 15 is 4.39 Å². The normalized spacial score (nSPS) is 11.6. The number of pyridine rings is 2. The lowest BCUT2D eigenvalue weighted by Gasteiger charge is -2.19. The molecule has 0 saturated carbocycles. The largest absolute Gasteiger partial charge is 0.392 e. The van der Waals surface area contributed by atoms with Crippen molar-refractivity contribution in [3.05, 3.63) is 117 Å². The van der Waals surface area contributed by atoms with Gasteiger partial charge < -0.3 is 20.7 Å². The summed E-state index contributed by atoms with van der Waals surface area (Å²) < 4.78 is 17.6. The first-order valence-corrected chi connectivity index (χ1v) is 13.2. The van der Waals surface area contributed by atoms with Crippen molar-refractivity contribution in [1.29, 1.82) is 0 Å². The van der Waals surface area contributed by atoms with Gasteiger partial charge in [-0.25, -0.2) is 9.37 Å². The summed E-state index contributed by atoms with van der Waals surface area (Å²) in [6.07, 6.45) is 4.70. The van der Waals surface area contributed by atoms with Crippen molar-refractivity contribution in [2.45, 2.75) is 32.9 Å². The molecule has 0 fully saturated rings. The van der Waals surface area contributed by atoms with Crippen LogP contribution in [0.5, 0.6) is 0 Å². The maximum Gasteiger partial charge on any atom is 0.282 e. The summed E-state index contributed by atoms with van der Waals surface area (Å²) in [6.45, 7) is 8.90. The van der Waals surface area contributed by atoms with E-state index in [1.54, 1.807) is 62.8 Å². The third-order valence-electron chi connectivity index (χ3n) is 7.13. The molecule has 10 heteroatoms. The molecule has 0 bridgehead atoms.